The van der Waals surface area contributed by atoms with Crippen LogP contribution < -0.4 is 5.32 Å². The van der Waals surface area contributed by atoms with E-state index in [2.05, 4.69) is 15.5 Å². The normalized spacial score (nSPS) is 11.7. The molecule has 166 valence electrons. The molecule has 3 aromatic rings. The Hall–Kier alpha value is -2.88. The van der Waals surface area contributed by atoms with Crippen molar-refractivity contribution in [1.82, 2.24) is 19.6 Å². The molecule has 2 heterocycles. The lowest BCUT2D eigenvalue weighted by Gasteiger charge is -2.09. The van der Waals surface area contributed by atoms with Crippen molar-refractivity contribution in [2.24, 2.45) is 0 Å². The quantitative estimate of drug-likeness (QED) is 0.536. The van der Waals surface area contributed by atoms with Gasteiger partial charge in [0.2, 0.25) is 5.91 Å². The Kier molecular flexibility index (Phi) is 6.40. The molecule has 0 bridgehead atoms. The molecule has 0 saturated heterocycles. The first-order valence-corrected chi connectivity index (χ1v) is 9.73. The third-order valence-corrected chi connectivity index (χ3v) is 5.16. The van der Waals surface area contributed by atoms with Gasteiger partial charge in [-0.15, -0.1) is 0 Å². The average molecular weight is 458 g/mol. The Labute approximate surface area is 180 Å². The number of nitrogens with one attached hydrogen (secondary N) is 1. The predicted molar refractivity (Wildman–Crippen MR) is 107 cm³/mol. The highest BCUT2D eigenvalue weighted by Crippen LogP contribution is 2.28. The monoisotopic (exact) mass is 457 g/mol. The maximum atomic E-state index is 13.2. The van der Waals surface area contributed by atoms with E-state index in [-0.39, 0.29) is 30.4 Å². The number of benzene rings is 1. The number of hydrogen-bond acceptors (Lipinski definition) is 3. The number of carbonyl (C=O) groups is 1. The minimum Gasteiger partial charge on any atom is -0.323 e. The van der Waals surface area contributed by atoms with Crippen molar-refractivity contribution in [2.75, 3.05) is 5.32 Å². The van der Waals surface area contributed by atoms with Crippen molar-refractivity contribution in [3.63, 3.8) is 0 Å². The number of amides is 1. The molecule has 0 aliphatic rings. The molecular weight excluding hydrogens is 438 g/mol. The van der Waals surface area contributed by atoms with Crippen LogP contribution in [0.15, 0.2) is 24.3 Å². The summed E-state index contributed by atoms with van der Waals surface area (Å²) in [5.41, 5.74) is 1.74. The van der Waals surface area contributed by atoms with Crippen LogP contribution in [0.2, 0.25) is 5.02 Å². The number of rotatable bonds is 6. The lowest BCUT2D eigenvalue weighted by molar-refractivity contribution is -0.141. The predicted octanol–water partition coefficient (Wildman–Crippen LogP) is 4.89. The molecule has 0 saturated carbocycles. The number of anilines is 1. The fourth-order valence-corrected chi connectivity index (χ4v) is 3.35. The van der Waals surface area contributed by atoms with Crippen LogP contribution in [-0.2, 0) is 24.1 Å². The van der Waals surface area contributed by atoms with E-state index in [1.165, 1.54) is 19.1 Å². The summed E-state index contributed by atoms with van der Waals surface area (Å²) in [6, 6.07) is 5.02. The van der Waals surface area contributed by atoms with Gasteiger partial charge in [-0.1, -0.05) is 17.7 Å². The van der Waals surface area contributed by atoms with E-state index >= 15 is 0 Å². The van der Waals surface area contributed by atoms with E-state index in [9.17, 15) is 22.4 Å². The number of carbonyl (C=O) groups excluding carboxylic acids is 1. The van der Waals surface area contributed by atoms with Gasteiger partial charge in [-0.25, -0.2) is 4.39 Å². The Morgan fingerprint density at radius 2 is 1.84 bits per heavy atom. The molecule has 1 amide bonds. The van der Waals surface area contributed by atoms with Gasteiger partial charge in [0, 0.05) is 23.7 Å². The average Bonchev–Trinajstić information content (AvgIpc) is 3.17. The molecule has 3 rings (SSSR count). The molecule has 1 aromatic carbocycles. The SMILES string of the molecule is Cc1nn(Cc2ccc(F)cc2Cl)c(C)c1NC(=O)CCn1nc(C(F)(F)F)cc1C. The van der Waals surface area contributed by atoms with E-state index in [1.54, 1.807) is 24.6 Å². The largest absolute Gasteiger partial charge is 0.435 e. The summed E-state index contributed by atoms with van der Waals surface area (Å²) in [4.78, 5) is 12.4. The minimum atomic E-state index is -4.53. The zero-order chi connectivity index (χ0) is 22.9. The van der Waals surface area contributed by atoms with Crippen LogP contribution >= 0.6 is 11.6 Å². The summed E-state index contributed by atoms with van der Waals surface area (Å²) in [5.74, 6) is -0.820. The van der Waals surface area contributed by atoms with Crippen molar-refractivity contribution >= 4 is 23.2 Å². The zero-order valence-electron chi connectivity index (χ0n) is 17.0. The van der Waals surface area contributed by atoms with Crippen molar-refractivity contribution in [1.29, 1.82) is 0 Å². The van der Waals surface area contributed by atoms with Gasteiger partial charge in [-0.3, -0.25) is 14.2 Å². The molecule has 6 nitrogen and oxygen atoms in total. The molecule has 0 aliphatic heterocycles. The molecule has 0 radical (unpaired) electrons. The van der Waals surface area contributed by atoms with Gasteiger partial charge in [0.1, 0.15) is 5.82 Å². The first-order chi connectivity index (χ1) is 14.5. The van der Waals surface area contributed by atoms with Crippen LogP contribution in [0.3, 0.4) is 0 Å². The van der Waals surface area contributed by atoms with Crippen LogP contribution in [0.25, 0.3) is 0 Å². The second-order valence-electron chi connectivity index (χ2n) is 7.13. The lowest BCUT2D eigenvalue weighted by Crippen LogP contribution is -2.17. The van der Waals surface area contributed by atoms with Crippen LogP contribution in [0.1, 0.15) is 34.8 Å². The number of alkyl halides is 3. The number of halogens is 5. The summed E-state index contributed by atoms with van der Waals surface area (Å²) in [5, 5.41) is 10.9. The van der Waals surface area contributed by atoms with E-state index in [0.717, 1.165) is 10.7 Å². The van der Waals surface area contributed by atoms with Crippen LogP contribution in [0.4, 0.5) is 23.2 Å². The summed E-state index contributed by atoms with van der Waals surface area (Å²) >= 11 is 6.08. The number of aromatic nitrogens is 4. The first kappa shape index (κ1) is 22.8. The van der Waals surface area contributed by atoms with E-state index in [1.807, 2.05) is 0 Å². The molecule has 0 fully saturated rings. The fraction of sp³-hybridized carbons (Fsp3) is 0.350. The topological polar surface area (TPSA) is 64.7 Å². The van der Waals surface area contributed by atoms with Gasteiger partial charge in [-0.2, -0.15) is 23.4 Å². The standard InChI is InChI=1S/C20H20ClF4N5O/c1-11-8-17(20(23,24)25)28-29(11)7-6-18(31)26-19-12(2)27-30(13(19)3)10-14-4-5-15(22)9-16(14)21/h4-5,8-9H,6-7,10H2,1-3H3,(H,26,31). The second kappa shape index (κ2) is 8.70. The van der Waals surface area contributed by atoms with Gasteiger partial charge < -0.3 is 5.32 Å². The fourth-order valence-electron chi connectivity index (χ4n) is 3.13. The molecular formula is C20H20ClF4N5O. The van der Waals surface area contributed by atoms with Crippen LogP contribution in [0.5, 0.6) is 0 Å². The van der Waals surface area contributed by atoms with Crippen molar-refractivity contribution < 1.29 is 22.4 Å². The van der Waals surface area contributed by atoms with Gasteiger partial charge in [0.25, 0.3) is 0 Å². The Bertz CT molecular complexity index is 1120. The summed E-state index contributed by atoms with van der Waals surface area (Å²) < 4.78 is 54.3. The van der Waals surface area contributed by atoms with Gasteiger partial charge >= 0.3 is 6.18 Å². The summed E-state index contributed by atoms with van der Waals surface area (Å²) in [6.07, 6.45) is -4.60. The molecule has 31 heavy (non-hydrogen) atoms. The Morgan fingerprint density at radius 1 is 1.13 bits per heavy atom. The second-order valence-corrected chi connectivity index (χ2v) is 7.54. The molecule has 0 atom stereocenters. The lowest BCUT2D eigenvalue weighted by atomic mass is 10.2. The zero-order valence-corrected chi connectivity index (χ0v) is 17.8. The van der Waals surface area contributed by atoms with Crippen LogP contribution in [-0.4, -0.2) is 25.5 Å². The molecule has 2 aromatic heterocycles. The van der Waals surface area contributed by atoms with Crippen molar-refractivity contribution in [2.45, 2.75) is 46.5 Å². The van der Waals surface area contributed by atoms with Crippen LogP contribution in [0, 0.1) is 26.6 Å². The highest BCUT2D eigenvalue weighted by Gasteiger charge is 2.34. The van der Waals surface area contributed by atoms with E-state index in [0.29, 0.717) is 28.3 Å². The van der Waals surface area contributed by atoms with Gasteiger partial charge in [0.15, 0.2) is 5.69 Å². The maximum Gasteiger partial charge on any atom is 0.435 e. The molecule has 1 N–H and O–H groups in total. The Balaban J connectivity index is 1.67. The third kappa shape index (κ3) is 5.25. The summed E-state index contributed by atoms with van der Waals surface area (Å²) in [6.45, 7) is 5.28. The minimum absolute atomic E-state index is 0.00513. The molecule has 11 heteroatoms. The Morgan fingerprint density at radius 3 is 2.45 bits per heavy atom. The maximum absolute atomic E-state index is 13.2. The number of aryl methyl sites for hydroxylation is 3. The number of hydrogen-bond donors (Lipinski definition) is 1. The van der Waals surface area contributed by atoms with Crippen molar-refractivity contribution in [3.05, 3.63) is 63.4 Å². The first-order valence-electron chi connectivity index (χ1n) is 9.35. The molecule has 0 unspecified atom stereocenters. The van der Waals surface area contributed by atoms with E-state index in [4.69, 9.17) is 11.6 Å². The molecule has 0 spiro atoms. The smallest absolute Gasteiger partial charge is 0.323 e. The highest BCUT2D eigenvalue weighted by molar-refractivity contribution is 6.31. The highest BCUT2D eigenvalue weighted by atomic mass is 35.5. The van der Waals surface area contributed by atoms with Gasteiger partial charge in [-0.05, 0) is 44.5 Å². The van der Waals surface area contributed by atoms with E-state index < -0.39 is 17.7 Å². The molecule has 0 aliphatic carbocycles. The number of nitrogens with zero attached hydrogens (tertiary/aromatic N) is 4. The van der Waals surface area contributed by atoms with Crippen molar-refractivity contribution in [3.8, 4) is 0 Å². The van der Waals surface area contributed by atoms with Gasteiger partial charge in [0.05, 0.1) is 23.6 Å². The summed E-state index contributed by atoms with van der Waals surface area (Å²) in [7, 11) is 0. The third-order valence-electron chi connectivity index (χ3n) is 4.80.